The van der Waals surface area contributed by atoms with E-state index in [9.17, 15) is 4.79 Å². The number of anilines is 1. The van der Waals surface area contributed by atoms with Gasteiger partial charge in [-0.3, -0.25) is 4.79 Å². The summed E-state index contributed by atoms with van der Waals surface area (Å²) in [5, 5.41) is 4.02. The lowest BCUT2D eigenvalue weighted by Crippen LogP contribution is -2.11. The first-order chi connectivity index (χ1) is 12.7. The van der Waals surface area contributed by atoms with Crippen molar-refractivity contribution in [2.24, 2.45) is 0 Å². The van der Waals surface area contributed by atoms with Crippen LogP contribution in [-0.2, 0) is 10.5 Å². The van der Waals surface area contributed by atoms with E-state index in [1.807, 2.05) is 30.0 Å². The molecule has 26 heavy (non-hydrogen) atoms. The summed E-state index contributed by atoms with van der Waals surface area (Å²) in [6.07, 6.45) is 1.31. The zero-order valence-electron chi connectivity index (χ0n) is 14.3. The van der Waals surface area contributed by atoms with Crippen molar-refractivity contribution in [2.75, 3.05) is 18.2 Å². The number of thioether (sulfide) groups is 1. The van der Waals surface area contributed by atoms with Crippen molar-refractivity contribution >= 4 is 56.0 Å². The van der Waals surface area contributed by atoms with Crippen molar-refractivity contribution in [2.45, 2.75) is 18.6 Å². The second-order valence-corrected chi connectivity index (χ2v) is 8.15. The van der Waals surface area contributed by atoms with Crippen LogP contribution in [0.1, 0.15) is 18.4 Å². The van der Waals surface area contributed by atoms with Gasteiger partial charge in [0.15, 0.2) is 5.13 Å². The standard InChI is InChI=1S/C19H19ClN2O2S2/c1-24-15-10-9-14(20)18-17(15)22-19(26-18)21-16(23)8-5-11-25-12-13-6-3-2-4-7-13/h2-4,6-7,9-10H,5,8,11-12H2,1H3,(H,21,22,23). The van der Waals surface area contributed by atoms with Crippen LogP contribution in [0.5, 0.6) is 5.75 Å². The van der Waals surface area contributed by atoms with Crippen molar-refractivity contribution in [3.8, 4) is 5.75 Å². The Kier molecular flexibility index (Phi) is 6.77. The van der Waals surface area contributed by atoms with Gasteiger partial charge in [0.2, 0.25) is 5.91 Å². The smallest absolute Gasteiger partial charge is 0.226 e. The molecule has 1 amide bonds. The van der Waals surface area contributed by atoms with Gasteiger partial charge in [0.1, 0.15) is 11.3 Å². The number of amides is 1. The molecule has 4 nitrogen and oxygen atoms in total. The molecule has 136 valence electrons. The summed E-state index contributed by atoms with van der Waals surface area (Å²) in [4.78, 5) is 16.6. The molecule has 0 fully saturated rings. The minimum atomic E-state index is -0.0283. The number of aromatic nitrogens is 1. The van der Waals surface area contributed by atoms with Crippen LogP contribution in [-0.4, -0.2) is 23.8 Å². The summed E-state index contributed by atoms with van der Waals surface area (Å²) >= 11 is 9.41. The quantitative estimate of drug-likeness (QED) is 0.494. The average Bonchev–Trinajstić information content (AvgIpc) is 3.07. The van der Waals surface area contributed by atoms with Crippen molar-refractivity contribution in [3.05, 3.63) is 53.1 Å². The minimum absolute atomic E-state index is 0.0283. The van der Waals surface area contributed by atoms with E-state index < -0.39 is 0 Å². The van der Waals surface area contributed by atoms with Gasteiger partial charge in [-0.25, -0.2) is 4.98 Å². The maximum atomic E-state index is 12.1. The summed E-state index contributed by atoms with van der Waals surface area (Å²) in [6.45, 7) is 0. The monoisotopic (exact) mass is 406 g/mol. The first kappa shape index (κ1) is 19.0. The Bertz CT molecular complexity index is 884. The highest BCUT2D eigenvalue weighted by atomic mass is 35.5. The molecule has 3 aromatic rings. The Morgan fingerprint density at radius 1 is 1.27 bits per heavy atom. The zero-order valence-corrected chi connectivity index (χ0v) is 16.7. The molecule has 1 N–H and O–H groups in total. The number of thiazole rings is 1. The molecule has 0 aliphatic rings. The molecular weight excluding hydrogens is 388 g/mol. The lowest BCUT2D eigenvalue weighted by molar-refractivity contribution is -0.116. The number of benzene rings is 2. The van der Waals surface area contributed by atoms with Gasteiger partial charge in [0.05, 0.1) is 16.8 Å². The first-order valence-corrected chi connectivity index (χ1v) is 10.6. The van der Waals surface area contributed by atoms with E-state index in [2.05, 4.69) is 22.4 Å². The molecule has 1 aromatic heterocycles. The normalized spacial score (nSPS) is 10.8. The Hall–Kier alpha value is -1.76. The topological polar surface area (TPSA) is 51.2 Å². The largest absolute Gasteiger partial charge is 0.494 e. The SMILES string of the molecule is COc1ccc(Cl)c2sc(NC(=O)CCCSCc3ccccc3)nc12. The lowest BCUT2D eigenvalue weighted by atomic mass is 10.2. The highest BCUT2D eigenvalue weighted by molar-refractivity contribution is 7.98. The van der Waals surface area contributed by atoms with Crippen LogP contribution in [0.2, 0.25) is 5.02 Å². The number of rotatable bonds is 8. The fraction of sp³-hybridized carbons (Fsp3) is 0.263. The van der Waals surface area contributed by atoms with Crippen LogP contribution in [0.15, 0.2) is 42.5 Å². The number of nitrogens with zero attached hydrogens (tertiary/aromatic N) is 1. The Morgan fingerprint density at radius 3 is 2.85 bits per heavy atom. The second-order valence-electron chi connectivity index (χ2n) is 5.64. The summed E-state index contributed by atoms with van der Waals surface area (Å²) in [5.74, 6) is 2.54. The average molecular weight is 407 g/mol. The third kappa shape index (κ3) is 4.90. The molecule has 3 rings (SSSR count). The van der Waals surface area contributed by atoms with Gasteiger partial charge in [-0.2, -0.15) is 11.8 Å². The molecular formula is C19H19ClN2O2S2. The molecule has 0 radical (unpaired) electrons. The van der Waals surface area contributed by atoms with Gasteiger partial charge in [-0.05, 0) is 29.9 Å². The van der Waals surface area contributed by atoms with Gasteiger partial charge >= 0.3 is 0 Å². The van der Waals surface area contributed by atoms with Crippen molar-refractivity contribution in [1.29, 1.82) is 0 Å². The number of carbonyl (C=O) groups is 1. The molecule has 0 aliphatic carbocycles. The highest BCUT2D eigenvalue weighted by Gasteiger charge is 2.13. The van der Waals surface area contributed by atoms with E-state index in [1.165, 1.54) is 16.9 Å². The number of carbonyl (C=O) groups excluding carboxylic acids is 1. The molecule has 0 bridgehead atoms. The molecule has 0 atom stereocenters. The number of fused-ring (bicyclic) bond motifs is 1. The van der Waals surface area contributed by atoms with Gasteiger partial charge in [-0.1, -0.05) is 53.3 Å². The van der Waals surface area contributed by atoms with Crippen molar-refractivity contribution in [3.63, 3.8) is 0 Å². The van der Waals surface area contributed by atoms with E-state index in [0.717, 1.165) is 22.6 Å². The fourth-order valence-corrected chi connectivity index (χ4v) is 4.54. The number of ether oxygens (including phenoxy) is 1. The van der Waals surface area contributed by atoms with E-state index in [1.54, 1.807) is 19.2 Å². The molecule has 0 unspecified atom stereocenters. The minimum Gasteiger partial charge on any atom is -0.494 e. The Labute approximate surface area is 165 Å². The zero-order chi connectivity index (χ0) is 18.4. The Balaban J connectivity index is 1.47. The summed E-state index contributed by atoms with van der Waals surface area (Å²) in [7, 11) is 1.59. The van der Waals surface area contributed by atoms with Crippen LogP contribution in [0, 0.1) is 0 Å². The van der Waals surface area contributed by atoms with Crippen LogP contribution in [0.4, 0.5) is 5.13 Å². The number of halogens is 1. The summed E-state index contributed by atoms with van der Waals surface area (Å²) < 4.78 is 6.12. The molecule has 7 heteroatoms. The maximum absolute atomic E-state index is 12.1. The van der Waals surface area contributed by atoms with E-state index in [-0.39, 0.29) is 5.91 Å². The third-order valence-corrected chi connectivity index (χ3v) is 6.27. The molecule has 0 spiro atoms. The van der Waals surface area contributed by atoms with Crippen LogP contribution >= 0.6 is 34.7 Å². The van der Waals surface area contributed by atoms with Gasteiger partial charge in [0, 0.05) is 12.2 Å². The third-order valence-electron chi connectivity index (χ3n) is 3.73. The molecule has 0 saturated carbocycles. The van der Waals surface area contributed by atoms with Crippen molar-refractivity contribution < 1.29 is 9.53 Å². The number of methoxy groups -OCH3 is 1. The molecule has 0 aliphatic heterocycles. The van der Waals surface area contributed by atoms with E-state index in [4.69, 9.17) is 16.3 Å². The Morgan fingerprint density at radius 2 is 2.08 bits per heavy atom. The number of hydrogen-bond donors (Lipinski definition) is 1. The number of hydrogen-bond acceptors (Lipinski definition) is 5. The van der Waals surface area contributed by atoms with Gasteiger partial charge in [0.25, 0.3) is 0 Å². The van der Waals surface area contributed by atoms with Gasteiger partial charge in [-0.15, -0.1) is 0 Å². The van der Waals surface area contributed by atoms with Crippen molar-refractivity contribution in [1.82, 2.24) is 4.98 Å². The first-order valence-electron chi connectivity index (χ1n) is 8.22. The molecule has 1 heterocycles. The fourth-order valence-electron chi connectivity index (χ4n) is 2.45. The lowest BCUT2D eigenvalue weighted by Gasteiger charge is -2.03. The van der Waals surface area contributed by atoms with Gasteiger partial charge < -0.3 is 10.1 Å². The van der Waals surface area contributed by atoms with E-state index >= 15 is 0 Å². The molecule has 2 aromatic carbocycles. The summed E-state index contributed by atoms with van der Waals surface area (Å²) in [5.41, 5.74) is 1.99. The number of nitrogens with one attached hydrogen (secondary N) is 1. The van der Waals surface area contributed by atoms with Crippen LogP contribution in [0.25, 0.3) is 10.2 Å². The predicted molar refractivity (Wildman–Crippen MR) is 112 cm³/mol. The molecule has 0 saturated heterocycles. The van der Waals surface area contributed by atoms with Crippen LogP contribution < -0.4 is 10.1 Å². The van der Waals surface area contributed by atoms with Crippen LogP contribution in [0.3, 0.4) is 0 Å². The highest BCUT2D eigenvalue weighted by Crippen LogP contribution is 2.37. The summed E-state index contributed by atoms with van der Waals surface area (Å²) in [6, 6.07) is 13.9. The second kappa shape index (κ2) is 9.26. The maximum Gasteiger partial charge on any atom is 0.226 e. The van der Waals surface area contributed by atoms with E-state index in [0.29, 0.717) is 27.8 Å². The predicted octanol–water partition coefficient (Wildman–Crippen LogP) is 5.61.